The van der Waals surface area contributed by atoms with Crippen molar-refractivity contribution in [2.45, 2.75) is 46.6 Å². The van der Waals surface area contributed by atoms with Crippen LogP contribution in [0.25, 0.3) is 0 Å². The number of likely N-dealkylation sites (N-methyl/N-ethyl adjacent to an activating group) is 1. The van der Waals surface area contributed by atoms with Gasteiger partial charge in [-0.1, -0.05) is 38.9 Å². The molecule has 0 aliphatic heterocycles. The van der Waals surface area contributed by atoms with E-state index in [1.807, 2.05) is 20.8 Å². The van der Waals surface area contributed by atoms with Crippen molar-refractivity contribution in [3.05, 3.63) is 39.4 Å². The molecule has 2 aromatic heterocycles. The largest absolute Gasteiger partial charge is 0.360 e. The Labute approximate surface area is 148 Å². The third kappa shape index (κ3) is 4.05. The number of nitrogens with one attached hydrogen (secondary N) is 1. The number of rotatable bonds is 8. The lowest BCUT2D eigenvalue weighted by molar-refractivity contribution is 0.0932. The van der Waals surface area contributed by atoms with Crippen molar-refractivity contribution in [2.75, 3.05) is 19.6 Å². The van der Waals surface area contributed by atoms with Gasteiger partial charge in [-0.3, -0.25) is 9.69 Å². The highest BCUT2D eigenvalue weighted by Crippen LogP contribution is 2.25. The molecule has 2 heterocycles. The second-order valence-electron chi connectivity index (χ2n) is 6.12. The van der Waals surface area contributed by atoms with Gasteiger partial charge in [-0.05, 0) is 31.5 Å². The molecule has 1 amide bonds. The molecule has 24 heavy (non-hydrogen) atoms. The molecule has 1 N–H and O–H groups in total. The fraction of sp³-hybridized carbons (Fsp3) is 0.556. The highest BCUT2D eigenvalue weighted by atomic mass is 32.1. The van der Waals surface area contributed by atoms with Crippen LogP contribution in [0.4, 0.5) is 0 Å². The zero-order valence-electron chi connectivity index (χ0n) is 15.1. The van der Waals surface area contributed by atoms with Crippen LogP contribution in [0.2, 0.25) is 0 Å². The van der Waals surface area contributed by atoms with Gasteiger partial charge >= 0.3 is 0 Å². The first-order chi connectivity index (χ1) is 11.5. The normalized spacial score (nSPS) is 12.8. The van der Waals surface area contributed by atoms with Gasteiger partial charge in [0.25, 0.3) is 5.91 Å². The Hall–Kier alpha value is -1.66. The molecule has 0 fully saturated rings. The Morgan fingerprint density at radius 3 is 2.62 bits per heavy atom. The summed E-state index contributed by atoms with van der Waals surface area (Å²) in [4.78, 5) is 16.3. The lowest BCUT2D eigenvalue weighted by Crippen LogP contribution is -2.38. The molecule has 0 aliphatic carbocycles. The van der Waals surface area contributed by atoms with E-state index in [1.54, 1.807) is 11.3 Å². The fourth-order valence-electron chi connectivity index (χ4n) is 2.89. The zero-order valence-corrected chi connectivity index (χ0v) is 15.9. The van der Waals surface area contributed by atoms with Crippen LogP contribution < -0.4 is 5.32 Å². The smallest absolute Gasteiger partial charge is 0.256 e. The molecule has 1 atom stereocenters. The van der Waals surface area contributed by atoms with E-state index in [0.717, 1.165) is 13.1 Å². The van der Waals surface area contributed by atoms with Gasteiger partial charge in [0.05, 0.1) is 11.7 Å². The minimum atomic E-state index is -0.105. The SMILES string of the molecule is CCN(CC)C(CNC(=O)c1c(C)noc1C(C)C)c1cccs1. The highest BCUT2D eigenvalue weighted by molar-refractivity contribution is 7.10. The summed E-state index contributed by atoms with van der Waals surface area (Å²) in [5.41, 5.74) is 1.22. The average molecular weight is 350 g/mol. The summed E-state index contributed by atoms with van der Waals surface area (Å²) in [6.07, 6.45) is 0. The van der Waals surface area contributed by atoms with E-state index in [1.165, 1.54) is 4.88 Å². The second-order valence-corrected chi connectivity index (χ2v) is 7.10. The Balaban J connectivity index is 2.15. The van der Waals surface area contributed by atoms with Crippen LogP contribution in [0, 0.1) is 6.92 Å². The standard InChI is InChI=1S/C18H27N3O2S/c1-6-21(7-2)14(15-9-8-10-24-15)11-19-18(22)16-13(5)20-23-17(16)12(3)4/h8-10,12,14H,6-7,11H2,1-5H3,(H,19,22). The summed E-state index contributed by atoms with van der Waals surface area (Å²) < 4.78 is 5.33. The Bertz CT molecular complexity index is 645. The molecule has 0 aliphatic rings. The molecule has 6 heteroatoms. The van der Waals surface area contributed by atoms with Gasteiger partial charge < -0.3 is 9.84 Å². The van der Waals surface area contributed by atoms with Crippen LogP contribution in [-0.2, 0) is 0 Å². The number of aromatic nitrogens is 1. The third-order valence-corrected chi connectivity index (χ3v) is 5.19. The summed E-state index contributed by atoms with van der Waals surface area (Å²) in [7, 11) is 0. The lowest BCUT2D eigenvalue weighted by atomic mass is 10.0. The minimum Gasteiger partial charge on any atom is -0.360 e. The number of hydrogen-bond donors (Lipinski definition) is 1. The predicted octanol–water partition coefficient (Wildman–Crippen LogP) is 3.98. The van der Waals surface area contributed by atoms with E-state index >= 15 is 0 Å². The first kappa shape index (κ1) is 18.7. The van der Waals surface area contributed by atoms with Gasteiger partial charge in [-0.15, -0.1) is 11.3 Å². The molecule has 0 saturated heterocycles. The maximum absolute atomic E-state index is 12.7. The highest BCUT2D eigenvalue weighted by Gasteiger charge is 2.25. The maximum atomic E-state index is 12.7. The third-order valence-electron chi connectivity index (χ3n) is 4.22. The van der Waals surface area contributed by atoms with Gasteiger partial charge in [0.2, 0.25) is 0 Å². The molecule has 1 unspecified atom stereocenters. The van der Waals surface area contributed by atoms with E-state index in [-0.39, 0.29) is 17.9 Å². The number of hydrogen-bond acceptors (Lipinski definition) is 5. The molecule has 132 valence electrons. The van der Waals surface area contributed by atoms with Gasteiger partial charge in [0, 0.05) is 17.3 Å². The van der Waals surface area contributed by atoms with Gasteiger partial charge in [0.15, 0.2) is 5.76 Å². The first-order valence-corrected chi connectivity index (χ1v) is 9.39. The van der Waals surface area contributed by atoms with Crippen molar-refractivity contribution >= 4 is 17.2 Å². The van der Waals surface area contributed by atoms with Crippen molar-refractivity contribution < 1.29 is 9.32 Å². The Morgan fingerprint density at radius 2 is 2.08 bits per heavy atom. The first-order valence-electron chi connectivity index (χ1n) is 8.51. The Morgan fingerprint density at radius 1 is 1.38 bits per heavy atom. The van der Waals surface area contributed by atoms with Crippen molar-refractivity contribution in [1.29, 1.82) is 0 Å². The molecular weight excluding hydrogens is 322 g/mol. The number of amides is 1. The molecule has 0 radical (unpaired) electrons. The molecule has 2 rings (SSSR count). The number of carbonyl (C=O) groups is 1. The number of thiophene rings is 1. The summed E-state index contributed by atoms with van der Waals surface area (Å²) in [6, 6.07) is 4.37. The van der Waals surface area contributed by atoms with Crippen LogP contribution in [0.15, 0.2) is 22.0 Å². The van der Waals surface area contributed by atoms with Crippen molar-refractivity contribution in [3.8, 4) is 0 Å². The molecule has 0 spiro atoms. The van der Waals surface area contributed by atoms with E-state index in [9.17, 15) is 4.79 Å². The van der Waals surface area contributed by atoms with E-state index in [0.29, 0.717) is 23.6 Å². The zero-order chi connectivity index (χ0) is 17.7. The van der Waals surface area contributed by atoms with Crippen molar-refractivity contribution in [2.24, 2.45) is 0 Å². The van der Waals surface area contributed by atoms with E-state index in [4.69, 9.17) is 4.52 Å². The minimum absolute atomic E-state index is 0.105. The molecule has 2 aromatic rings. The van der Waals surface area contributed by atoms with Crippen LogP contribution in [0.1, 0.15) is 66.3 Å². The van der Waals surface area contributed by atoms with Gasteiger partial charge in [-0.2, -0.15) is 0 Å². The van der Waals surface area contributed by atoms with Gasteiger partial charge in [0.1, 0.15) is 5.56 Å². The summed E-state index contributed by atoms with van der Waals surface area (Å²) in [5.74, 6) is 0.675. The molecule has 0 aromatic carbocycles. The van der Waals surface area contributed by atoms with Crippen LogP contribution in [-0.4, -0.2) is 35.6 Å². The maximum Gasteiger partial charge on any atom is 0.256 e. The Kier molecular flexibility index (Phi) is 6.57. The molecule has 5 nitrogen and oxygen atoms in total. The quantitative estimate of drug-likeness (QED) is 0.783. The number of nitrogens with zero attached hydrogens (tertiary/aromatic N) is 2. The lowest BCUT2D eigenvalue weighted by Gasteiger charge is -2.29. The fourth-order valence-corrected chi connectivity index (χ4v) is 3.75. The number of aryl methyl sites for hydroxylation is 1. The van der Waals surface area contributed by atoms with E-state index < -0.39 is 0 Å². The van der Waals surface area contributed by atoms with Crippen LogP contribution in [0.3, 0.4) is 0 Å². The van der Waals surface area contributed by atoms with E-state index in [2.05, 4.69) is 46.7 Å². The molecule has 0 saturated carbocycles. The topological polar surface area (TPSA) is 58.4 Å². The summed E-state index contributed by atoms with van der Waals surface area (Å²) in [6.45, 7) is 12.6. The predicted molar refractivity (Wildman–Crippen MR) is 97.6 cm³/mol. The average Bonchev–Trinajstić information content (AvgIpc) is 3.20. The van der Waals surface area contributed by atoms with Gasteiger partial charge in [-0.25, -0.2) is 0 Å². The summed E-state index contributed by atoms with van der Waals surface area (Å²) >= 11 is 1.73. The van der Waals surface area contributed by atoms with Crippen LogP contribution in [0.5, 0.6) is 0 Å². The monoisotopic (exact) mass is 349 g/mol. The molecule has 0 bridgehead atoms. The van der Waals surface area contributed by atoms with Crippen LogP contribution >= 0.6 is 11.3 Å². The van der Waals surface area contributed by atoms with Crippen molar-refractivity contribution in [1.82, 2.24) is 15.4 Å². The second kappa shape index (κ2) is 8.44. The molecular formula is C18H27N3O2S. The van der Waals surface area contributed by atoms with Crippen molar-refractivity contribution in [3.63, 3.8) is 0 Å². The number of carbonyl (C=O) groups excluding carboxylic acids is 1. The summed E-state index contributed by atoms with van der Waals surface area (Å²) in [5, 5.41) is 9.12.